The minimum Gasteiger partial charge on any atom is -0.493 e. The van der Waals surface area contributed by atoms with Crippen molar-refractivity contribution < 1.29 is 38.3 Å². The Morgan fingerprint density at radius 3 is 2.60 bits per heavy atom. The van der Waals surface area contributed by atoms with Crippen LogP contribution in [0.15, 0.2) is 24.3 Å². The Balaban J connectivity index is 1.42. The molecular formula is C17H18O8. The van der Waals surface area contributed by atoms with Crippen LogP contribution in [0.2, 0.25) is 0 Å². The number of hydrogen-bond donors (Lipinski definition) is 1. The lowest BCUT2D eigenvalue weighted by molar-refractivity contribution is -0.160. The standard InChI is InChI=1S/C17H18O8/c1-20-9-5-3-8(7-10(9)21-2)4-6-11-22-15-14-13(25-17(15)23-11)12(18)16(19)24-14/h3-7,11-15,17-18H,1-2H3/b6-4+. The Kier molecular flexibility index (Phi) is 4.12. The highest BCUT2D eigenvalue weighted by Crippen LogP contribution is 2.39. The third-order valence-electron chi connectivity index (χ3n) is 4.42. The van der Waals surface area contributed by atoms with Crippen molar-refractivity contribution in [2.45, 2.75) is 37.0 Å². The van der Waals surface area contributed by atoms with E-state index in [2.05, 4.69) is 0 Å². The largest absolute Gasteiger partial charge is 0.493 e. The Labute approximate surface area is 143 Å². The summed E-state index contributed by atoms with van der Waals surface area (Å²) in [5.74, 6) is 0.567. The summed E-state index contributed by atoms with van der Waals surface area (Å²) >= 11 is 0. The number of benzene rings is 1. The van der Waals surface area contributed by atoms with Crippen LogP contribution in [0.25, 0.3) is 6.08 Å². The number of ether oxygens (including phenoxy) is 6. The molecular weight excluding hydrogens is 332 g/mol. The molecule has 0 aromatic heterocycles. The average molecular weight is 350 g/mol. The number of carbonyl (C=O) groups excluding carboxylic acids is 1. The van der Waals surface area contributed by atoms with Gasteiger partial charge in [0.05, 0.1) is 14.2 Å². The van der Waals surface area contributed by atoms with Crippen molar-refractivity contribution in [3.8, 4) is 11.5 Å². The fourth-order valence-corrected chi connectivity index (χ4v) is 3.18. The summed E-state index contributed by atoms with van der Waals surface area (Å²) in [6.45, 7) is 0. The molecule has 0 saturated carbocycles. The van der Waals surface area contributed by atoms with Crippen molar-refractivity contribution >= 4 is 12.0 Å². The van der Waals surface area contributed by atoms with Gasteiger partial charge < -0.3 is 33.5 Å². The summed E-state index contributed by atoms with van der Waals surface area (Å²) in [5, 5.41) is 9.69. The Morgan fingerprint density at radius 1 is 1.04 bits per heavy atom. The van der Waals surface area contributed by atoms with Crippen molar-refractivity contribution in [1.82, 2.24) is 0 Å². The third kappa shape index (κ3) is 2.77. The molecule has 3 aliphatic rings. The fourth-order valence-electron chi connectivity index (χ4n) is 3.18. The number of rotatable bonds is 4. The minimum atomic E-state index is -1.29. The first-order valence-electron chi connectivity index (χ1n) is 7.86. The molecule has 3 aliphatic heterocycles. The number of aliphatic hydroxyl groups is 1. The topological polar surface area (TPSA) is 92.7 Å². The molecule has 3 fully saturated rings. The molecule has 3 saturated heterocycles. The first-order valence-corrected chi connectivity index (χ1v) is 7.86. The highest BCUT2D eigenvalue weighted by molar-refractivity contribution is 5.78. The summed E-state index contributed by atoms with van der Waals surface area (Å²) in [6, 6.07) is 5.50. The molecule has 25 heavy (non-hydrogen) atoms. The van der Waals surface area contributed by atoms with E-state index in [4.69, 9.17) is 28.4 Å². The zero-order valence-electron chi connectivity index (χ0n) is 13.7. The lowest BCUT2D eigenvalue weighted by Gasteiger charge is -2.14. The number of methoxy groups -OCH3 is 2. The maximum absolute atomic E-state index is 11.4. The van der Waals surface area contributed by atoms with Gasteiger partial charge in [0, 0.05) is 0 Å². The van der Waals surface area contributed by atoms with E-state index in [-0.39, 0.29) is 0 Å². The summed E-state index contributed by atoms with van der Waals surface area (Å²) in [4.78, 5) is 11.4. The van der Waals surface area contributed by atoms with Gasteiger partial charge in [-0.25, -0.2) is 4.79 Å². The van der Waals surface area contributed by atoms with Crippen LogP contribution in [0.1, 0.15) is 5.56 Å². The minimum absolute atomic E-state index is 0.550. The second-order valence-corrected chi connectivity index (χ2v) is 5.89. The molecule has 3 heterocycles. The van der Waals surface area contributed by atoms with Gasteiger partial charge in [0.2, 0.25) is 0 Å². The molecule has 134 valence electrons. The SMILES string of the molecule is COc1ccc(/C=C/C2OC3OC4C(O)C(=O)OC4C3O2)cc1OC. The maximum atomic E-state index is 11.4. The van der Waals surface area contributed by atoms with E-state index in [1.165, 1.54) is 0 Å². The first kappa shape index (κ1) is 16.3. The third-order valence-corrected chi connectivity index (χ3v) is 4.42. The lowest BCUT2D eigenvalue weighted by Crippen LogP contribution is -2.33. The second-order valence-electron chi connectivity index (χ2n) is 5.89. The second kappa shape index (κ2) is 6.30. The van der Waals surface area contributed by atoms with Gasteiger partial charge in [-0.3, -0.25) is 0 Å². The van der Waals surface area contributed by atoms with E-state index in [1.807, 2.05) is 18.2 Å². The molecule has 0 spiro atoms. The Hall–Kier alpha value is -2.13. The Morgan fingerprint density at radius 2 is 1.84 bits per heavy atom. The average Bonchev–Trinajstić information content (AvgIpc) is 3.25. The van der Waals surface area contributed by atoms with E-state index in [9.17, 15) is 9.90 Å². The smallest absolute Gasteiger partial charge is 0.338 e. The first-order chi connectivity index (χ1) is 12.1. The van der Waals surface area contributed by atoms with Gasteiger partial charge in [-0.15, -0.1) is 0 Å². The highest BCUT2D eigenvalue weighted by Gasteiger charge is 2.61. The highest BCUT2D eigenvalue weighted by atomic mass is 16.8. The Bertz CT molecular complexity index is 702. The number of fused-ring (bicyclic) bond motifs is 3. The van der Waals surface area contributed by atoms with Crippen molar-refractivity contribution in [3.05, 3.63) is 29.8 Å². The molecule has 8 nitrogen and oxygen atoms in total. The molecule has 0 radical (unpaired) electrons. The maximum Gasteiger partial charge on any atom is 0.338 e. The van der Waals surface area contributed by atoms with Crippen molar-refractivity contribution in [3.63, 3.8) is 0 Å². The van der Waals surface area contributed by atoms with Gasteiger partial charge in [0.15, 0.2) is 42.4 Å². The zero-order chi connectivity index (χ0) is 17.6. The molecule has 0 amide bonds. The van der Waals surface area contributed by atoms with Gasteiger partial charge in [-0.2, -0.15) is 0 Å². The van der Waals surface area contributed by atoms with Crippen LogP contribution in [-0.2, 0) is 23.7 Å². The summed E-state index contributed by atoms with van der Waals surface area (Å²) in [5.41, 5.74) is 0.878. The zero-order valence-corrected chi connectivity index (χ0v) is 13.7. The van der Waals surface area contributed by atoms with E-state index < -0.39 is 43.0 Å². The van der Waals surface area contributed by atoms with Crippen LogP contribution in [-0.4, -0.2) is 62.3 Å². The van der Waals surface area contributed by atoms with Gasteiger partial charge in [-0.05, 0) is 23.8 Å². The lowest BCUT2D eigenvalue weighted by atomic mass is 10.1. The van der Waals surface area contributed by atoms with E-state index in [0.29, 0.717) is 11.5 Å². The molecule has 1 aromatic carbocycles. The monoisotopic (exact) mass is 350 g/mol. The van der Waals surface area contributed by atoms with Gasteiger partial charge >= 0.3 is 5.97 Å². The van der Waals surface area contributed by atoms with Crippen LogP contribution < -0.4 is 9.47 Å². The number of esters is 1. The van der Waals surface area contributed by atoms with Crippen molar-refractivity contribution in [1.29, 1.82) is 0 Å². The molecule has 1 aromatic rings. The van der Waals surface area contributed by atoms with Gasteiger partial charge in [-0.1, -0.05) is 12.1 Å². The van der Waals surface area contributed by atoms with Crippen LogP contribution in [0.4, 0.5) is 0 Å². The van der Waals surface area contributed by atoms with Crippen LogP contribution >= 0.6 is 0 Å². The number of carbonyl (C=O) groups is 1. The van der Waals surface area contributed by atoms with Crippen LogP contribution in [0.5, 0.6) is 11.5 Å². The molecule has 6 unspecified atom stereocenters. The van der Waals surface area contributed by atoms with Crippen LogP contribution in [0.3, 0.4) is 0 Å². The van der Waals surface area contributed by atoms with Gasteiger partial charge in [0.25, 0.3) is 0 Å². The number of aliphatic hydroxyl groups excluding tert-OH is 1. The normalized spacial score (nSPS) is 36.4. The van der Waals surface area contributed by atoms with E-state index in [0.717, 1.165) is 5.56 Å². The van der Waals surface area contributed by atoms with Gasteiger partial charge in [0.1, 0.15) is 6.10 Å². The molecule has 1 N–H and O–H groups in total. The summed E-state index contributed by atoms with van der Waals surface area (Å²) in [7, 11) is 3.15. The van der Waals surface area contributed by atoms with E-state index in [1.54, 1.807) is 26.4 Å². The molecule has 6 atom stereocenters. The summed E-state index contributed by atoms with van der Waals surface area (Å²) in [6.07, 6.45) is -0.982. The molecule has 0 aliphatic carbocycles. The predicted molar refractivity (Wildman–Crippen MR) is 82.9 cm³/mol. The van der Waals surface area contributed by atoms with Crippen LogP contribution in [0, 0.1) is 0 Å². The van der Waals surface area contributed by atoms with Crippen molar-refractivity contribution in [2.75, 3.05) is 14.2 Å². The molecule has 0 bridgehead atoms. The number of hydrogen-bond acceptors (Lipinski definition) is 8. The molecule has 8 heteroatoms. The fraction of sp³-hybridized carbons (Fsp3) is 0.471. The summed E-state index contributed by atoms with van der Waals surface area (Å²) < 4.78 is 32.5. The predicted octanol–water partition coefficient (Wildman–Crippen LogP) is 0.470. The van der Waals surface area contributed by atoms with Crippen molar-refractivity contribution in [2.24, 2.45) is 0 Å². The molecule has 4 rings (SSSR count). The van der Waals surface area contributed by atoms with E-state index >= 15 is 0 Å². The quantitative estimate of drug-likeness (QED) is 0.784.